The van der Waals surface area contributed by atoms with Crippen molar-refractivity contribution < 1.29 is 0 Å². The number of aromatic nitrogens is 1. The van der Waals surface area contributed by atoms with Crippen LogP contribution in [-0.4, -0.2) is 17.4 Å². The number of pyridine rings is 1. The molecule has 1 aromatic heterocycles. The number of para-hydroxylation sites is 1. The van der Waals surface area contributed by atoms with E-state index in [1.165, 1.54) is 5.39 Å². The van der Waals surface area contributed by atoms with Crippen LogP contribution in [0.5, 0.6) is 0 Å². The van der Waals surface area contributed by atoms with Gasteiger partial charge in [0.15, 0.2) is 0 Å². The zero-order chi connectivity index (χ0) is 13.7. The van der Waals surface area contributed by atoms with E-state index in [4.69, 9.17) is 11.6 Å². The van der Waals surface area contributed by atoms with Crippen LogP contribution < -0.4 is 5.32 Å². The predicted octanol–water partition coefficient (Wildman–Crippen LogP) is 4.69. The first-order valence-electron chi connectivity index (χ1n) is 6.88. The smallest absolute Gasteiger partial charge is 0.126 e. The zero-order valence-corrected chi connectivity index (χ0v) is 12.4. The lowest BCUT2D eigenvalue weighted by molar-refractivity contribution is 0.326. The standard InChI is InChI=1S/C16H21ClN2/c1-3-16(4-2,11-17)12-18-15-10-9-13-7-5-6-8-14(13)19-15/h5-10H,3-4,11-12H2,1-2H3,(H,18,19). The average Bonchev–Trinajstić information content (AvgIpc) is 2.49. The van der Waals surface area contributed by atoms with Gasteiger partial charge in [-0.1, -0.05) is 32.0 Å². The Labute approximate surface area is 120 Å². The van der Waals surface area contributed by atoms with Crippen LogP contribution in [0.25, 0.3) is 10.9 Å². The van der Waals surface area contributed by atoms with Gasteiger partial charge in [-0.3, -0.25) is 0 Å². The molecule has 0 fully saturated rings. The summed E-state index contributed by atoms with van der Waals surface area (Å²) in [5.74, 6) is 1.61. The number of halogens is 1. The number of nitrogens with zero attached hydrogens (tertiary/aromatic N) is 1. The van der Waals surface area contributed by atoms with E-state index in [2.05, 4.69) is 36.3 Å². The molecule has 1 N–H and O–H groups in total. The number of fused-ring (bicyclic) bond motifs is 1. The van der Waals surface area contributed by atoms with Crippen molar-refractivity contribution in [1.82, 2.24) is 4.98 Å². The van der Waals surface area contributed by atoms with Crippen LogP contribution in [0.1, 0.15) is 26.7 Å². The maximum absolute atomic E-state index is 6.13. The highest BCUT2D eigenvalue weighted by Crippen LogP contribution is 2.28. The maximum Gasteiger partial charge on any atom is 0.126 e. The van der Waals surface area contributed by atoms with E-state index in [1.807, 2.05) is 24.3 Å². The highest BCUT2D eigenvalue weighted by Gasteiger charge is 2.24. The van der Waals surface area contributed by atoms with Crippen LogP contribution in [-0.2, 0) is 0 Å². The molecule has 0 saturated carbocycles. The van der Waals surface area contributed by atoms with Crippen LogP contribution in [0.15, 0.2) is 36.4 Å². The van der Waals surface area contributed by atoms with Crippen LogP contribution in [0.4, 0.5) is 5.82 Å². The Kier molecular flexibility index (Phi) is 4.65. The molecule has 0 radical (unpaired) electrons. The Balaban J connectivity index is 2.13. The summed E-state index contributed by atoms with van der Waals surface area (Å²) in [7, 11) is 0. The molecule has 0 unspecified atom stereocenters. The third-order valence-electron chi connectivity index (χ3n) is 4.03. The molecule has 2 rings (SSSR count). The van der Waals surface area contributed by atoms with Gasteiger partial charge in [0.2, 0.25) is 0 Å². The molecule has 3 heteroatoms. The Morgan fingerprint density at radius 3 is 2.53 bits per heavy atom. The summed E-state index contributed by atoms with van der Waals surface area (Å²) in [4.78, 5) is 4.63. The normalized spacial score (nSPS) is 11.7. The van der Waals surface area contributed by atoms with Gasteiger partial charge in [-0.15, -0.1) is 11.6 Å². The fraction of sp³-hybridized carbons (Fsp3) is 0.438. The van der Waals surface area contributed by atoms with Crippen LogP contribution >= 0.6 is 11.6 Å². The maximum atomic E-state index is 6.13. The SMILES string of the molecule is CCC(CC)(CCl)CNc1ccc2ccccc2n1. The first-order chi connectivity index (χ1) is 9.23. The van der Waals surface area contributed by atoms with E-state index >= 15 is 0 Å². The fourth-order valence-electron chi connectivity index (χ4n) is 2.18. The van der Waals surface area contributed by atoms with Crippen molar-refractivity contribution in [3.63, 3.8) is 0 Å². The number of rotatable bonds is 6. The van der Waals surface area contributed by atoms with E-state index in [-0.39, 0.29) is 5.41 Å². The second-order valence-corrected chi connectivity index (χ2v) is 5.35. The van der Waals surface area contributed by atoms with Crippen molar-refractivity contribution in [3.05, 3.63) is 36.4 Å². The highest BCUT2D eigenvalue weighted by atomic mass is 35.5. The topological polar surface area (TPSA) is 24.9 Å². The van der Waals surface area contributed by atoms with Crippen molar-refractivity contribution in [2.75, 3.05) is 17.7 Å². The molecule has 102 valence electrons. The molecule has 19 heavy (non-hydrogen) atoms. The zero-order valence-electron chi connectivity index (χ0n) is 11.6. The summed E-state index contributed by atoms with van der Waals surface area (Å²) in [5.41, 5.74) is 1.19. The molecule has 0 saturated heterocycles. The highest BCUT2D eigenvalue weighted by molar-refractivity contribution is 6.18. The van der Waals surface area contributed by atoms with Crippen molar-refractivity contribution in [2.45, 2.75) is 26.7 Å². The Morgan fingerprint density at radius 2 is 1.84 bits per heavy atom. The number of benzene rings is 1. The van der Waals surface area contributed by atoms with Crippen LogP contribution in [0.2, 0.25) is 0 Å². The van der Waals surface area contributed by atoms with Crippen molar-refractivity contribution in [1.29, 1.82) is 0 Å². The average molecular weight is 277 g/mol. The molecule has 0 bridgehead atoms. The summed E-state index contributed by atoms with van der Waals surface area (Å²) in [6.07, 6.45) is 2.15. The number of anilines is 1. The summed E-state index contributed by atoms with van der Waals surface area (Å²) < 4.78 is 0. The number of hydrogen-bond acceptors (Lipinski definition) is 2. The van der Waals surface area contributed by atoms with Crippen LogP contribution in [0, 0.1) is 5.41 Å². The van der Waals surface area contributed by atoms with Gasteiger partial charge in [-0.25, -0.2) is 4.98 Å². The summed E-state index contributed by atoms with van der Waals surface area (Å²) in [5, 5.41) is 4.60. The Bertz CT molecular complexity index is 527. The first-order valence-corrected chi connectivity index (χ1v) is 7.42. The van der Waals surface area contributed by atoms with Gasteiger partial charge in [0.05, 0.1) is 5.52 Å². The second-order valence-electron chi connectivity index (χ2n) is 5.08. The number of alkyl halides is 1. The Hall–Kier alpha value is -1.28. The number of nitrogens with one attached hydrogen (secondary N) is 1. The van der Waals surface area contributed by atoms with Gasteiger partial charge in [-0.05, 0) is 31.0 Å². The molecule has 0 amide bonds. The van der Waals surface area contributed by atoms with E-state index < -0.39 is 0 Å². The molecule has 1 aromatic carbocycles. The van der Waals surface area contributed by atoms with Gasteiger partial charge >= 0.3 is 0 Å². The summed E-state index contributed by atoms with van der Waals surface area (Å²) in [6, 6.07) is 12.3. The van der Waals surface area contributed by atoms with Crippen molar-refractivity contribution >= 4 is 28.3 Å². The summed E-state index contributed by atoms with van der Waals surface area (Å²) >= 11 is 6.13. The molecule has 2 aromatic rings. The minimum atomic E-state index is 0.162. The van der Waals surface area contributed by atoms with E-state index in [9.17, 15) is 0 Å². The van der Waals surface area contributed by atoms with Crippen molar-refractivity contribution in [2.24, 2.45) is 5.41 Å². The number of hydrogen-bond donors (Lipinski definition) is 1. The minimum absolute atomic E-state index is 0.162. The first kappa shape index (κ1) is 14.1. The molecule has 0 atom stereocenters. The molecular formula is C16H21ClN2. The van der Waals surface area contributed by atoms with Gasteiger partial charge in [0.1, 0.15) is 5.82 Å². The quantitative estimate of drug-likeness (QED) is 0.774. The van der Waals surface area contributed by atoms with Gasteiger partial charge < -0.3 is 5.32 Å². The lowest BCUT2D eigenvalue weighted by Crippen LogP contribution is -2.30. The molecule has 0 spiro atoms. The molecule has 1 heterocycles. The largest absolute Gasteiger partial charge is 0.369 e. The molecule has 0 aliphatic rings. The van der Waals surface area contributed by atoms with Gasteiger partial charge in [-0.2, -0.15) is 0 Å². The van der Waals surface area contributed by atoms with Gasteiger partial charge in [0, 0.05) is 23.2 Å². The second kappa shape index (κ2) is 6.25. The monoisotopic (exact) mass is 276 g/mol. The summed E-state index contributed by atoms with van der Waals surface area (Å²) in [6.45, 7) is 5.26. The van der Waals surface area contributed by atoms with Crippen LogP contribution in [0.3, 0.4) is 0 Å². The predicted molar refractivity (Wildman–Crippen MR) is 84.0 cm³/mol. The molecule has 0 aliphatic carbocycles. The van der Waals surface area contributed by atoms with E-state index in [1.54, 1.807) is 0 Å². The Morgan fingerprint density at radius 1 is 1.11 bits per heavy atom. The third-order valence-corrected chi connectivity index (χ3v) is 4.59. The third kappa shape index (κ3) is 3.19. The molecular weight excluding hydrogens is 256 g/mol. The van der Waals surface area contributed by atoms with E-state index in [0.717, 1.165) is 30.7 Å². The lowest BCUT2D eigenvalue weighted by Gasteiger charge is -2.29. The van der Waals surface area contributed by atoms with Gasteiger partial charge in [0.25, 0.3) is 0 Å². The van der Waals surface area contributed by atoms with E-state index in [0.29, 0.717) is 5.88 Å². The fourth-order valence-corrected chi connectivity index (χ4v) is 2.65. The van der Waals surface area contributed by atoms with Crippen molar-refractivity contribution in [3.8, 4) is 0 Å². The lowest BCUT2D eigenvalue weighted by atomic mass is 9.84. The molecule has 2 nitrogen and oxygen atoms in total. The minimum Gasteiger partial charge on any atom is -0.369 e. The molecule has 0 aliphatic heterocycles.